The van der Waals surface area contributed by atoms with Crippen LogP contribution >= 0.6 is 24.2 Å². The van der Waals surface area contributed by atoms with Gasteiger partial charge in [-0.3, -0.25) is 0 Å². The standard InChI is InChI=1S/C12H17F3N2S.ClH/c13-12(14,15)18-10-6-4-9(5-7-10)11(17)3-1-2-8-16;/h4-7,11H,1-3,8,16-17H2;1H/t11-;/m0./s1. The van der Waals surface area contributed by atoms with Gasteiger partial charge < -0.3 is 11.5 Å². The van der Waals surface area contributed by atoms with E-state index in [1.54, 1.807) is 12.1 Å². The maximum Gasteiger partial charge on any atom is 0.446 e. The molecule has 0 bridgehead atoms. The third-order valence-corrected chi connectivity index (χ3v) is 3.25. The molecule has 1 rings (SSSR count). The third kappa shape index (κ3) is 7.67. The Bertz CT molecular complexity index is 357. The lowest BCUT2D eigenvalue weighted by molar-refractivity contribution is -0.0328. The number of rotatable bonds is 6. The lowest BCUT2D eigenvalue weighted by atomic mass is 10.0. The first-order valence-electron chi connectivity index (χ1n) is 5.74. The van der Waals surface area contributed by atoms with Gasteiger partial charge in [-0.1, -0.05) is 18.6 Å². The van der Waals surface area contributed by atoms with Gasteiger partial charge in [0.1, 0.15) is 0 Å². The quantitative estimate of drug-likeness (QED) is 0.619. The van der Waals surface area contributed by atoms with Gasteiger partial charge in [0.2, 0.25) is 0 Å². The van der Waals surface area contributed by atoms with Crippen molar-refractivity contribution >= 4 is 24.2 Å². The van der Waals surface area contributed by atoms with E-state index in [4.69, 9.17) is 11.5 Å². The van der Waals surface area contributed by atoms with E-state index in [1.165, 1.54) is 12.1 Å². The molecule has 0 saturated heterocycles. The molecule has 4 N–H and O–H groups in total. The van der Waals surface area contributed by atoms with Crippen LogP contribution in [0.15, 0.2) is 29.2 Å². The number of hydrogen-bond acceptors (Lipinski definition) is 3. The molecule has 2 nitrogen and oxygen atoms in total. The van der Waals surface area contributed by atoms with E-state index >= 15 is 0 Å². The molecule has 0 amide bonds. The Kier molecular flexibility index (Phi) is 8.49. The second-order valence-corrected chi connectivity index (χ2v) is 5.15. The van der Waals surface area contributed by atoms with Crippen molar-refractivity contribution in [1.82, 2.24) is 0 Å². The topological polar surface area (TPSA) is 52.0 Å². The van der Waals surface area contributed by atoms with Crippen molar-refractivity contribution < 1.29 is 13.2 Å². The first kappa shape index (κ1) is 18.6. The summed E-state index contributed by atoms with van der Waals surface area (Å²) in [5.74, 6) is 0. The van der Waals surface area contributed by atoms with Gasteiger partial charge in [0.05, 0.1) is 0 Å². The van der Waals surface area contributed by atoms with Gasteiger partial charge in [0.15, 0.2) is 0 Å². The second kappa shape index (κ2) is 8.68. The second-order valence-electron chi connectivity index (χ2n) is 4.01. The molecule has 0 aromatic heterocycles. The van der Waals surface area contributed by atoms with E-state index in [2.05, 4.69) is 0 Å². The van der Waals surface area contributed by atoms with Crippen molar-refractivity contribution in [2.45, 2.75) is 35.7 Å². The van der Waals surface area contributed by atoms with Crippen LogP contribution in [0.5, 0.6) is 0 Å². The first-order valence-corrected chi connectivity index (χ1v) is 6.55. The number of unbranched alkanes of at least 4 members (excludes halogenated alkanes) is 1. The number of thioether (sulfide) groups is 1. The van der Waals surface area contributed by atoms with Crippen LogP contribution in [-0.4, -0.2) is 12.1 Å². The number of hydrogen-bond donors (Lipinski definition) is 2. The zero-order chi connectivity index (χ0) is 13.6. The zero-order valence-corrected chi connectivity index (χ0v) is 12.0. The predicted octanol–water partition coefficient (Wildman–Crippen LogP) is 3.85. The van der Waals surface area contributed by atoms with Gasteiger partial charge >= 0.3 is 5.51 Å². The largest absolute Gasteiger partial charge is 0.446 e. The summed E-state index contributed by atoms with van der Waals surface area (Å²) in [4.78, 5) is 0.181. The van der Waals surface area contributed by atoms with E-state index in [9.17, 15) is 13.2 Å². The highest BCUT2D eigenvalue weighted by Crippen LogP contribution is 2.37. The van der Waals surface area contributed by atoms with Gasteiger partial charge in [-0.25, -0.2) is 0 Å². The summed E-state index contributed by atoms with van der Waals surface area (Å²) in [6, 6.07) is 6.08. The Hall–Kier alpha value is -0.430. The molecule has 0 radical (unpaired) electrons. The SMILES string of the molecule is Cl.NCCCC[C@H](N)c1ccc(SC(F)(F)F)cc1. The normalized spacial score (nSPS) is 12.9. The molecule has 1 aromatic rings. The van der Waals surface area contributed by atoms with Crippen LogP contribution in [0.2, 0.25) is 0 Å². The number of halogens is 4. The van der Waals surface area contributed by atoms with Gasteiger partial charge in [0, 0.05) is 10.9 Å². The molecule has 7 heteroatoms. The first-order chi connectivity index (χ1) is 8.42. The maximum atomic E-state index is 12.1. The Morgan fingerprint density at radius 3 is 2.16 bits per heavy atom. The fourth-order valence-electron chi connectivity index (χ4n) is 1.59. The van der Waals surface area contributed by atoms with E-state index in [0.717, 1.165) is 24.8 Å². The van der Waals surface area contributed by atoms with E-state index < -0.39 is 5.51 Å². The summed E-state index contributed by atoms with van der Waals surface area (Å²) >= 11 is -0.115. The zero-order valence-electron chi connectivity index (χ0n) is 10.3. The minimum absolute atomic E-state index is 0. The molecule has 110 valence electrons. The van der Waals surface area contributed by atoms with Crippen LogP contribution in [0.3, 0.4) is 0 Å². The third-order valence-electron chi connectivity index (χ3n) is 2.51. The average Bonchev–Trinajstić information content (AvgIpc) is 2.28. The molecule has 0 spiro atoms. The van der Waals surface area contributed by atoms with Crippen molar-refractivity contribution in [3.05, 3.63) is 29.8 Å². The Labute approximate surface area is 121 Å². The lowest BCUT2D eigenvalue weighted by Gasteiger charge is -2.12. The number of benzene rings is 1. The number of nitrogens with two attached hydrogens (primary N) is 2. The molecule has 0 aliphatic rings. The molecule has 0 aliphatic carbocycles. The molecule has 1 atom stereocenters. The van der Waals surface area contributed by atoms with E-state index in [-0.39, 0.29) is 35.1 Å². The van der Waals surface area contributed by atoms with Crippen molar-refractivity contribution in [1.29, 1.82) is 0 Å². The fraction of sp³-hybridized carbons (Fsp3) is 0.500. The van der Waals surface area contributed by atoms with Crippen LogP contribution < -0.4 is 11.5 Å². The lowest BCUT2D eigenvalue weighted by Crippen LogP contribution is -2.11. The van der Waals surface area contributed by atoms with Gasteiger partial charge in [-0.2, -0.15) is 13.2 Å². The molecule has 0 unspecified atom stereocenters. The summed E-state index contributed by atoms with van der Waals surface area (Å²) in [6.45, 7) is 0.633. The molecule has 0 fully saturated rings. The molecule has 0 heterocycles. The summed E-state index contributed by atoms with van der Waals surface area (Å²) in [7, 11) is 0. The molecular weight excluding hydrogens is 297 g/mol. The van der Waals surface area contributed by atoms with Crippen LogP contribution in [0, 0.1) is 0 Å². The molecule has 1 aromatic carbocycles. The van der Waals surface area contributed by atoms with Crippen molar-refractivity contribution in [2.75, 3.05) is 6.54 Å². The van der Waals surface area contributed by atoms with Crippen molar-refractivity contribution in [3.8, 4) is 0 Å². The van der Waals surface area contributed by atoms with E-state index in [0.29, 0.717) is 6.54 Å². The van der Waals surface area contributed by atoms with Crippen molar-refractivity contribution in [3.63, 3.8) is 0 Å². The molecule has 19 heavy (non-hydrogen) atoms. The Balaban J connectivity index is 0.00000324. The molecule has 0 saturated carbocycles. The minimum atomic E-state index is -4.25. The Morgan fingerprint density at radius 2 is 1.68 bits per heavy atom. The van der Waals surface area contributed by atoms with Crippen LogP contribution in [0.25, 0.3) is 0 Å². The summed E-state index contributed by atoms with van der Waals surface area (Å²) in [5, 5.41) is 0. The molecular formula is C12H18ClF3N2S. The van der Waals surface area contributed by atoms with Gasteiger partial charge in [0.25, 0.3) is 0 Å². The highest BCUT2D eigenvalue weighted by molar-refractivity contribution is 8.00. The van der Waals surface area contributed by atoms with Crippen LogP contribution in [0.4, 0.5) is 13.2 Å². The maximum absolute atomic E-state index is 12.1. The minimum Gasteiger partial charge on any atom is -0.330 e. The summed E-state index contributed by atoms with van der Waals surface area (Å²) in [5.41, 5.74) is 7.94. The summed E-state index contributed by atoms with van der Waals surface area (Å²) < 4.78 is 36.4. The Morgan fingerprint density at radius 1 is 1.11 bits per heavy atom. The number of alkyl halides is 3. The van der Waals surface area contributed by atoms with Gasteiger partial charge in [-0.05, 0) is 48.8 Å². The van der Waals surface area contributed by atoms with Crippen LogP contribution in [-0.2, 0) is 0 Å². The van der Waals surface area contributed by atoms with Gasteiger partial charge in [-0.15, -0.1) is 12.4 Å². The van der Waals surface area contributed by atoms with E-state index in [1.807, 2.05) is 0 Å². The fourth-order valence-corrected chi connectivity index (χ4v) is 2.13. The average molecular weight is 315 g/mol. The predicted molar refractivity (Wildman–Crippen MR) is 75.4 cm³/mol. The summed E-state index contributed by atoms with van der Waals surface area (Å²) in [6.07, 6.45) is 2.63. The van der Waals surface area contributed by atoms with Crippen LogP contribution in [0.1, 0.15) is 30.9 Å². The molecule has 0 aliphatic heterocycles. The highest BCUT2D eigenvalue weighted by Gasteiger charge is 2.29. The van der Waals surface area contributed by atoms with Crippen molar-refractivity contribution in [2.24, 2.45) is 11.5 Å². The monoisotopic (exact) mass is 314 g/mol. The highest BCUT2D eigenvalue weighted by atomic mass is 35.5. The smallest absolute Gasteiger partial charge is 0.330 e.